The summed E-state index contributed by atoms with van der Waals surface area (Å²) in [6.45, 7) is 5.36. The summed E-state index contributed by atoms with van der Waals surface area (Å²) in [4.78, 5) is 15.0. The quantitative estimate of drug-likeness (QED) is 0.816. The molecule has 0 spiro atoms. The van der Waals surface area contributed by atoms with Gasteiger partial charge in [-0.3, -0.25) is 15.1 Å². The third-order valence-corrected chi connectivity index (χ3v) is 2.71. The van der Waals surface area contributed by atoms with Gasteiger partial charge in [-0.1, -0.05) is 32.9 Å². The number of benzene rings is 1. The fourth-order valence-electron chi connectivity index (χ4n) is 1.67. The Hall–Kier alpha value is -1.82. The molecule has 0 aliphatic carbocycles. The Kier molecular flexibility index (Phi) is 5.33. The van der Waals surface area contributed by atoms with E-state index < -0.39 is 29.1 Å². The topological polar surface area (TPSA) is 61.7 Å². The number of aliphatic imine (C=N–C) groups is 1. The normalized spacial score (nSPS) is 13.7. The number of nitrogens with zero attached hydrogens (tertiary/aromatic N) is 1. The molecule has 6 heteroatoms. The van der Waals surface area contributed by atoms with Gasteiger partial charge in [-0.15, -0.1) is 0 Å². The minimum absolute atomic E-state index is 0.00416. The number of hydrogen-bond acceptors (Lipinski definition) is 3. The molecule has 0 heterocycles. The zero-order valence-electron chi connectivity index (χ0n) is 11.7. The molecular weight excluding hydrogens is 266 g/mol. The number of rotatable bonds is 5. The van der Waals surface area contributed by atoms with Crippen LogP contribution in [0.15, 0.2) is 23.2 Å². The van der Waals surface area contributed by atoms with Crippen molar-refractivity contribution in [3.05, 3.63) is 35.4 Å². The van der Waals surface area contributed by atoms with Crippen LogP contribution in [-0.4, -0.2) is 30.0 Å². The zero-order valence-corrected chi connectivity index (χ0v) is 11.7. The number of carboxylic acid groups (broad SMARTS) is 1. The second-order valence-corrected chi connectivity index (χ2v) is 5.45. The second kappa shape index (κ2) is 6.56. The van der Waals surface area contributed by atoms with Crippen LogP contribution in [0.5, 0.6) is 0 Å². The van der Waals surface area contributed by atoms with Crippen LogP contribution in [-0.2, 0) is 4.79 Å². The van der Waals surface area contributed by atoms with Crippen molar-refractivity contribution >= 4 is 12.2 Å². The van der Waals surface area contributed by atoms with Crippen molar-refractivity contribution in [2.24, 2.45) is 10.4 Å². The van der Waals surface area contributed by atoms with Crippen LogP contribution in [0, 0.1) is 17.0 Å². The smallest absolute Gasteiger partial charge is 0.321 e. The highest BCUT2D eigenvalue weighted by molar-refractivity contribution is 5.80. The molecule has 110 valence electrons. The van der Waals surface area contributed by atoms with E-state index in [1.165, 1.54) is 18.3 Å². The molecule has 0 amide bonds. The van der Waals surface area contributed by atoms with Crippen LogP contribution in [0.4, 0.5) is 8.78 Å². The van der Waals surface area contributed by atoms with E-state index in [0.29, 0.717) is 0 Å². The van der Waals surface area contributed by atoms with Crippen molar-refractivity contribution < 1.29 is 18.7 Å². The van der Waals surface area contributed by atoms with Crippen molar-refractivity contribution in [1.82, 2.24) is 5.32 Å². The SMILES string of the molecule is CC(C)(C)[C@H](NCN=Cc1cccc(F)c1F)C(=O)O. The maximum absolute atomic E-state index is 13.3. The molecule has 0 unspecified atom stereocenters. The summed E-state index contributed by atoms with van der Waals surface area (Å²) in [5, 5.41) is 11.8. The maximum Gasteiger partial charge on any atom is 0.321 e. The summed E-state index contributed by atoms with van der Waals surface area (Å²) in [6, 6.07) is 3.00. The van der Waals surface area contributed by atoms with Gasteiger partial charge in [0.05, 0.1) is 6.67 Å². The number of carbonyl (C=O) groups is 1. The highest BCUT2D eigenvalue weighted by Crippen LogP contribution is 2.19. The Morgan fingerprint density at radius 1 is 1.45 bits per heavy atom. The van der Waals surface area contributed by atoms with E-state index in [2.05, 4.69) is 10.3 Å². The van der Waals surface area contributed by atoms with Crippen LogP contribution in [0.1, 0.15) is 26.3 Å². The Bertz CT molecular complexity index is 510. The molecule has 1 aromatic carbocycles. The van der Waals surface area contributed by atoms with Crippen LogP contribution in [0.3, 0.4) is 0 Å². The van der Waals surface area contributed by atoms with E-state index in [-0.39, 0.29) is 12.2 Å². The monoisotopic (exact) mass is 284 g/mol. The summed E-state index contributed by atoms with van der Waals surface area (Å²) in [7, 11) is 0. The lowest BCUT2D eigenvalue weighted by molar-refractivity contribution is -0.142. The van der Waals surface area contributed by atoms with E-state index in [1.807, 2.05) is 0 Å². The van der Waals surface area contributed by atoms with Crippen LogP contribution >= 0.6 is 0 Å². The van der Waals surface area contributed by atoms with Crippen LogP contribution < -0.4 is 5.32 Å². The highest BCUT2D eigenvalue weighted by atomic mass is 19.2. The number of halogens is 2. The molecule has 1 rings (SSSR count). The first-order valence-electron chi connectivity index (χ1n) is 6.13. The minimum atomic E-state index is -0.982. The Morgan fingerprint density at radius 3 is 2.65 bits per heavy atom. The number of hydrogen-bond donors (Lipinski definition) is 2. The van der Waals surface area contributed by atoms with Crippen LogP contribution in [0.25, 0.3) is 0 Å². The lowest BCUT2D eigenvalue weighted by Gasteiger charge is -2.27. The average Bonchev–Trinajstić information content (AvgIpc) is 2.31. The summed E-state index contributed by atoms with van der Waals surface area (Å²) < 4.78 is 26.3. The summed E-state index contributed by atoms with van der Waals surface area (Å²) >= 11 is 0. The Labute approximate surface area is 116 Å². The highest BCUT2D eigenvalue weighted by Gasteiger charge is 2.30. The van der Waals surface area contributed by atoms with Gasteiger partial charge in [-0.05, 0) is 11.5 Å². The average molecular weight is 284 g/mol. The van der Waals surface area contributed by atoms with E-state index in [9.17, 15) is 13.6 Å². The predicted molar refractivity (Wildman–Crippen MR) is 72.8 cm³/mol. The number of nitrogens with one attached hydrogen (secondary N) is 1. The van der Waals surface area contributed by atoms with E-state index >= 15 is 0 Å². The summed E-state index contributed by atoms with van der Waals surface area (Å²) in [5.74, 6) is -2.90. The Morgan fingerprint density at radius 2 is 2.10 bits per heavy atom. The lowest BCUT2D eigenvalue weighted by atomic mass is 9.87. The van der Waals surface area contributed by atoms with Gasteiger partial charge in [0.25, 0.3) is 0 Å². The molecule has 0 saturated carbocycles. The van der Waals surface area contributed by atoms with Gasteiger partial charge in [0.2, 0.25) is 0 Å². The molecule has 4 nitrogen and oxygen atoms in total. The largest absolute Gasteiger partial charge is 0.480 e. The number of aliphatic carboxylic acids is 1. The minimum Gasteiger partial charge on any atom is -0.480 e. The number of carboxylic acids is 1. The molecule has 1 atom stereocenters. The standard InChI is InChI=1S/C14H18F2N2O2/c1-14(2,3)12(13(19)20)18-8-17-7-9-5-4-6-10(15)11(9)16/h4-7,12,18H,8H2,1-3H3,(H,19,20)/t12-/m1/s1. The molecule has 0 aliphatic rings. The van der Waals surface area contributed by atoms with Crippen molar-refractivity contribution in [3.8, 4) is 0 Å². The molecule has 0 fully saturated rings. The fraction of sp³-hybridized carbons (Fsp3) is 0.429. The molecular formula is C14H18F2N2O2. The molecule has 0 saturated heterocycles. The molecule has 1 aromatic rings. The molecule has 0 radical (unpaired) electrons. The first kappa shape index (κ1) is 16.2. The lowest BCUT2D eigenvalue weighted by Crippen LogP contribution is -2.46. The molecule has 0 aromatic heterocycles. The second-order valence-electron chi connectivity index (χ2n) is 5.45. The van der Waals surface area contributed by atoms with Crippen molar-refractivity contribution in [3.63, 3.8) is 0 Å². The van der Waals surface area contributed by atoms with E-state index in [1.54, 1.807) is 20.8 Å². The molecule has 20 heavy (non-hydrogen) atoms. The van der Waals surface area contributed by atoms with Gasteiger partial charge in [-0.2, -0.15) is 0 Å². The van der Waals surface area contributed by atoms with Gasteiger partial charge in [0.15, 0.2) is 11.6 Å². The summed E-state index contributed by atoms with van der Waals surface area (Å²) in [5.41, 5.74) is -0.458. The maximum atomic E-state index is 13.3. The fourth-order valence-corrected chi connectivity index (χ4v) is 1.67. The van der Waals surface area contributed by atoms with Crippen LogP contribution in [0.2, 0.25) is 0 Å². The molecule has 2 N–H and O–H groups in total. The van der Waals surface area contributed by atoms with Gasteiger partial charge in [0, 0.05) is 11.8 Å². The van der Waals surface area contributed by atoms with Gasteiger partial charge in [-0.25, -0.2) is 8.78 Å². The Balaban J connectivity index is 2.65. The predicted octanol–water partition coefficient (Wildman–Crippen LogP) is 2.43. The van der Waals surface area contributed by atoms with Gasteiger partial charge in [0.1, 0.15) is 6.04 Å². The van der Waals surface area contributed by atoms with Crippen molar-refractivity contribution in [2.45, 2.75) is 26.8 Å². The molecule has 0 bridgehead atoms. The van der Waals surface area contributed by atoms with Gasteiger partial charge >= 0.3 is 5.97 Å². The third kappa shape index (κ3) is 4.38. The first-order valence-corrected chi connectivity index (χ1v) is 6.13. The third-order valence-electron chi connectivity index (χ3n) is 2.71. The van der Waals surface area contributed by atoms with Gasteiger partial charge < -0.3 is 5.11 Å². The van der Waals surface area contributed by atoms with Crippen molar-refractivity contribution in [1.29, 1.82) is 0 Å². The van der Waals surface area contributed by atoms with E-state index in [4.69, 9.17) is 5.11 Å². The summed E-state index contributed by atoms with van der Waals surface area (Å²) in [6.07, 6.45) is 1.17. The van der Waals surface area contributed by atoms with Crippen molar-refractivity contribution in [2.75, 3.05) is 6.67 Å². The van der Waals surface area contributed by atoms with E-state index in [0.717, 1.165) is 6.07 Å². The first-order chi connectivity index (χ1) is 9.23. The zero-order chi connectivity index (χ0) is 15.3. The molecule has 0 aliphatic heterocycles.